The number of amides is 1. The zero-order valence-corrected chi connectivity index (χ0v) is 13.8. The number of hydrogen-bond acceptors (Lipinski definition) is 4. The molecule has 22 heavy (non-hydrogen) atoms. The molecule has 2 aromatic carbocycles. The van der Waals surface area contributed by atoms with Crippen LogP contribution in [0.15, 0.2) is 48.5 Å². The van der Waals surface area contributed by atoms with E-state index in [1.165, 1.54) is 24.3 Å². The molecule has 0 aliphatic carbocycles. The van der Waals surface area contributed by atoms with Gasteiger partial charge in [0, 0.05) is 21.4 Å². The van der Waals surface area contributed by atoms with Crippen LogP contribution >= 0.6 is 22.6 Å². The molecular weight excluding hydrogens is 399 g/mol. The lowest BCUT2D eigenvalue weighted by molar-refractivity contribution is -0.384. The first-order valence-corrected chi connectivity index (χ1v) is 7.51. The molecule has 0 saturated carbocycles. The highest BCUT2D eigenvalue weighted by atomic mass is 127. The van der Waals surface area contributed by atoms with Gasteiger partial charge in [-0.1, -0.05) is 0 Å². The van der Waals surface area contributed by atoms with E-state index in [1.54, 1.807) is 19.1 Å². The van der Waals surface area contributed by atoms with Crippen molar-refractivity contribution in [3.63, 3.8) is 0 Å². The van der Waals surface area contributed by atoms with Crippen LogP contribution in [-0.2, 0) is 4.79 Å². The summed E-state index contributed by atoms with van der Waals surface area (Å²) in [4.78, 5) is 22.1. The van der Waals surface area contributed by atoms with Gasteiger partial charge < -0.3 is 10.1 Å². The van der Waals surface area contributed by atoms with Crippen molar-refractivity contribution in [2.45, 2.75) is 13.0 Å². The molecule has 0 bridgehead atoms. The Bertz CT molecular complexity index is 671. The van der Waals surface area contributed by atoms with Crippen molar-refractivity contribution in [1.82, 2.24) is 0 Å². The van der Waals surface area contributed by atoms with Crippen LogP contribution in [0.3, 0.4) is 0 Å². The van der Waals surface area contributed by atoms with E-state index in [0.29, 0.717) is 11.4 Å². The SMILES string of the molecule is CC(Oc1ccc([N+](=O)[O-])cc1)C(=O)Nc1ccc(I)cc1. The van der Waals surface area contributed by atoms with Gasteiger partial charge in [0.05, 0.1) is 4.92 Å². The number of anilines is 1. The zero-order valence-electron chi connectivity index (χ0n) is 11.7. The van der Waals surface area contributed by atoms with Crippen molar-refractivity contribution in [2.75, 3.05) is 5.32 Å². The molecule has 0 aliphatic rings. The largest absolute Gasteiger partial charge is 0.481 e. The van der Waals surface area contributed by atoms with Crippen molar-refractivity contribution in [1.29, 1.82) is 0 Å². The van der Waals surface area contributed by atoms with E-state index < -0.39 is 11.0 Å². The van der Waals surface area contributed by atoms with Gasteiger partial charge in [-0.2, -0.15) is 0 Å². The zero-order chi connectivity index (χ0) is 16.1. The Labute approximate surface area is 140 Å². The molecule has 2 rings (SSSR count). The fourth-order valence-electron chi connectivity index (χ4n) is 1.68. The molecule has 1 unspecified atom stereocenters. The number of rotatable bonds is 5. The molecule has 0 saturated heterocycles. The van der Waals surface area contributed by atoms with Crippen LogP contribution in [0.25, 0.3) is 0 Å². The van der Waals surface area contributed by atoms with Crippen LogP contribution in [0.4, 0.5) is 11.4 Å². The molecule has 0 fully saturated rings. The maximum atomic E-state index is 12.0. The van der Waals surface area contributed by atoms with E-state index in [2.05, 4.69) is 27.9 Å². The number of halogens is 1. The average Bonchev–Trinajstić information content (AvgIpc) is 2.50. The van der Waals surface area contributed by atoms with Gasteiger partial charge in [0.15, 0.2) is 6.10 Å². The number of nitro groups is 1. The summed E-state index contributed by atoms with van der Waals surface area (Å²) in [5, 5.41) is 13.3. The van der Waals surface area contributed by atoms with Gasteiger partial charge in [-0.05, 0) is 65.9 Å². The smallest absolute Gasteiger partial charge is 0.269 e. The Morgan fingerprint density at radius 1 is 1.18 bits per heavy atom. The summed E-state index contributed by atoms with van der Waals surface area (Å²) in [6.45, 7) is 1.61. The van der Waals surface area contributed by atoms with Crippen molar-refractivity contribution in [2.24, 2.45) is 0 Å². The molecule has 0 heterocycles. The number of ether oxygens (including phenoxy) is 1. The summed E-state index contributed by atoms with van der Waals surface area (Å²) in [5.41, 5.74) is 0.660. The highest BCUT2D eigenvalue weighted by Crippen LogP contribution is 2.19. The maximum absolute atomic E-state index is 12.0. The van der Waals surface area contributed by atoms with E-state index in [9.17, 15) is 14.9 Å². The molecular formula is C15H13IN2O4. The molecule has 1 atom stereocenters. The predicted molar refractivity (Wildman–Crippen MR) is 91.0 cm³/mol. The van der Waals surface area contributed by atoms with Gasteiger partial charge in [-0.25, -0.2) is 0 Å². The fraction of sp³-hybridized carbons (Fsp3) is 0.133. The third-order valence-corrected chi connectivity index (χ3v) is 3.56. The van der Waals surface area contributed by atoms with E-state index in [0.717, 1.165) is 3.57 Å². The Morgan fingerprint density at radius 2 is 1.77 bits per heavy atom. The molecule has 0 aliphatic heterocycles. The van der Waals surface area contributed by atoms with Crippen molar-refractivity contribution >= 4 is 39.9 Å². The summed E-state index contributed by atoms with van der Waals surface area (Å²) in [7, 11) is 0. The standard InChI is InChI=1S/C15H13IN2O4/c1-10(15(19)17-12-4-2-11(16)3-5-12)22-14-8-6-13(7-9-14)18(20)21/h2-10H,1H3,(H,17,19). The Kier molecular flexibility index (Phi) is 5.31. The van der Waals surface area contributed by atoms with Crippen LogP contribution < -0.4 is 10.1 Å². The minimum Gasteiger partial charge on any atom is -0.481 e. The number of benzene rings is 2. The second-order valence-corrected chi connectivity index (χ2v) is 5.75. The number of nitrogens with one attached hydrogen (secondary N) is 1. The number of carbonyl (C=O) groups excluding carboxylic acids is 1. The lowest BCUT2D eigenvalue weighted by Gasteiger charge is -2.14. The molecule has 1 N–H and O–H groups in total. The number of nitro benzene ring substituents is 1. The van der Waals surface area contributed by atoms with Gasteiger partial charge in [-0.3, -0.25) is 14.9 Å². The number of hydrogen-bond donors (Lipinski definition) is 1. The average molecular weight is 412 g/mol. The van der Waals surface area contributed by atoms with Crippen LogP contribution in [0.1, 0.15) is 6.92 Å². The second-order valence-electron chi connectivity index (χ2n) is 4.51. The minimum atomic E-state index is -0.722. The third kappa shape index (κ3) is 4.42. The summed E-state index contributed by atoms with van der Waals surface area (Å²) in [6.07, 6.45) is -0.722. The molecule has 114 valence electrons. The normalized spacial score (nSPS) is 11.5. The first-order chi connectivity index (χ1) is 10.5. The van der Waals surface area contributed by atoms with E-state index in [1.807, 2.05) is 12.1 Å². The predicted octanol–water partition coefficient (Wildman–Crippen LogP) is 3.61. The summed E-state index contributed by atoms with van der Waals surface area (Å²) in [6, 6.07) is 13.0. The van der Waals surface area contributed by atoms with Crippen LogP contribution in [0.5, 0.6) is 5.75 Å². The first-order valence-electron chi connectivity index (χ1n) is 6.43. The fourth-order valence-corrected chi connectivity index (χ4v) is 2.04. The van der Waals surface area contributed by atoms with Crippen molar-refractivity contribution in [3.05, 3.63) is 62.2 Å². The lowest BCUT2D eigenvalue weighted by Crippen LogP contribution is -2.30. The maximum Gasteiger partial charge on any atom is 0.269 e. The Hall–Kier alpha value is -2.16. The van der Waals surface area contributed by atoms with E-state index >= 15 is 0 Å². The number of carbonyl (C=O) groups is 1. The van der Waals surface area contributed by atoms with Crippen LogP contribution in [0, 0.1) is 13.7 Å². The Morgan fingerprint density at radius 3 is 2.32 bits per heavy atom. The number of nitrogens with zero attached hydrogens (tertiary/aromatic N) is 1. The molecule has 1 amide bonds. The highest BCUT2D eigenvalue weighted by Gasteiger charge is 2.15. The topological polar surface area (TPSA) is 81.5 Å². The van der Waals surface area contributed by atoms with Crippen LogP contribution in [-0.4, -0.2) is 16.9 Å². The van der Waals surface area contributed by atoms with Crippen molar-refractivity contribution < 1.29 is 14.5 Å². The molecule has 7 heteroatoms. The van der Waals surface area contributed by atoms with Gasteiger partial charge >= 0.3 is 0 Å². The van der Waals surface area contributed by atoms with Gasteiger partial charge in [0.2, 0.25) is 0 Å². The van der Waals surface area contributed by atoms with Gasteiger partial charge in [-0.15, -0.1) is 0 Å². The molecule has 2 aromatic rings. The Balaban J connectivity index is 1.95. The highest BCUT2D eigenvalue weighted by molar-refractivity contribution is 14.1. The lowest BCUT2D eigenvalue weighted by atomic mass is 10.3. The monoisotopic (exact) mass is 412 g/mol. The number of non-ortho nitro benzene ring substituents is 1. The van der Waals surface area contributed by atoms with Gasteiger partial charge in [0.25, 0.3) is 11.6 Å². The molecule has 0 aromatic heterocycles. The minimum absolute atomic E-state index is 0.0247. The summed E-state index contributed by atoms with van der Waals surface area (Å²) in [5.74, 6) is 0.107. The van der Waals surface area contributed by atoms with Crippen LogP contribution in [0.2, 0.25) is 0 Å². The summed E-state index contributed by atoms with van der Waals surface area (Å²) >= 11 is 2.18. The van der Waals surface area contributed by atoms with E-state index in [-0.39, 0.29) is 11.6 Å². The summed E-state index contributed by atoms with van der Waals surface area (Å²) < 4.78 is 6.55. The van der Waals surface area contributed by atoms with Gasteiger partial charge in [0.1, 0.15) is 5.75 Å². The molecule has 0 radical (unpaired) electrons. The first kappa shape index (κ1) is 16.2. The molecule has 0 spiro atoms. The van der Waals surface area contributed by atoms with Crippen molar-refractivity contribution in [3.8, 4) is 5.75 Å². The molecule has 6 nitrogen and oxygen atoms in total. The third-order valence-electron chi connectivity index (χ3n) is 2.84. The second kappa shape index (κ2) is 7.21. The quantitative estimate of drug-likeness (QED) is 0.462. The van der Waals surface area contributed by atoms with E-state index in [4.69, 9.17) is 4.74 Å².